The average molecular weight is 826 g/mol. The molecular weight excluding hydrogens is 774 g/mol. The average Bonchev–Trinajstić information content (AvgIpc) is 3.64. The molecule has 61 heavy (non-hydrogen) atoms. The number of Topliss-reactive ketones (excluding diaryl/α,β-unsaturated/α-hetero) is 1. The molecule has 6 heterocycles. The van der Waals surface area contributed by atoms with Crippen LogP contribution in [0.25, 0.3) is 11.1 Å². The Morgan fingerprint density at radius 3 is 2.07 bits per heavy atom. The minimum atomic E-state index is -0.997. The number of aldehydes is 1. The van der Waals surface area contributed by atoms with Crippen molar-refractivity contribution in [1.82, 2.24) is 15.1 Å². The summed E-state index contributed by atoms with van der Waals surface area (Å²) in [6.07, 6.45) is 5.58. The van der Waals surface area contributed by atoms with Crippen molar-refractivity contribution in [2.75, 3.05) is 42.5 Å². The summed E-state index contributed by atoms with van der Waals surface area (Å²) in [5.74, 6) is -0.906. The number of hydrogen-bond acceptors (Lipinski definition) is 10. The van der Waals surface area contributed by atoms with Gasteiger partial charge in [-0.1, -0.05) is 43.3 Å². The number of phenols is 2. The number of nitrogens with zero attached hydrogens (tertiary/aromatic N) is 4. The van der Waals surface area contributed by atoms with E-state index in [9.17, 15) is 29.4 Å². The highest BCUT2D eigenvalue weighted by Crippen LogP contribution is 2.43. The third-order valence-electron chi connectivity index (χ3n) is 13.8. The topological polar surface area (TPSA) is 134 Å². The number of anilines is 2. The Bertz CT molecular complexity index is 2360. The van der Waals surface area contributed by atoms with Crippen LogP contribution < -0.4 is 15.1 Å². The van der Waals surface area contributed by atoms with Gasteiger partial charge in [0.15, 0.2) is 6.29 Å². The molecule has 12 heteroatoms. The van der Waals surface area contributed by atoms with Crippen LogP contribution in [0, 0.1) is 11.7 Å². The van der Waals surface area contributed by atoms with E-state index < -0.39 is 23.8 Å². The molecule has 0 radical (unpaired) electrons. The third-order valence-corrected chi connectivity index (χ3v) is 13.8. The van der Waals surface area contributed by atoms with Crippen molar-refractivity contribution in [3.63, 3.8) is 0 Å². The first-order chi connectivity index (χ1) is 29.6. The number of amides is 2. The standard InChI is InChI=1S/C49H52FN5O6/c1-2-40(31-5-13-38(57)14-6-31)47(33-7-15-39(58)16-8-33)32-3-9-35(10-4-32)52-21-19-30(20-22-52)25-53-27-37-12-11-36(53)28-54(37)44-24-41-34(23-42(44)50)26-55(48(41)45(59)29-56)43-17-18-46(60)51-49(43)61/h3-10,13-16,23-24,29-30,36-37,43,48,57-58H,2,11-12,17-22,25-28H2,1H3,(H,51,60,61). The zero-order valence-electron chi connectivity index (χ0n) is 34.4. The first kappa shape index (κ1) is 40.6. The van der Waals surface area contributed by atoms with Gasteiger partial charge in [0.2, 0.25) is 17.6 Å². The molecule has 0 spiro atoms. The van der Waals surface area contributed by atoms with Gasteiger partial charge in [0.25, 0.3) is 0 Å². The van der Waals surface area contributed by atoms with Crippen LogP contribution in [0.1, 0.15) is 85.7 Å². The highest BCUT2D eigenvalue weighted by atomic mass is 19.1. The van der Waals surface area contributed by atoms with E-state index in [0.717, 1.165) is 86.1 Å². The van der Waals surface area contributed by atoms with Crippen molar-refractivity contribution in [1.29, 1.82) is 0 Å². The lowest BCUT2D eigenvalue weighted by molar-refractivity contribution is -0.141. The molecule has 6 aliphatic rings. The van der Waals surface area contributed by atoms with Crippen molar-refractivity contribution in [2.24, 2.45) is 5.92 Å². The van der Waals surface area contributed by atoms with Gasteiger partial charge >= 0.3 is 0 Å². The molecule has 4 aromatic carbocycles. The molecular formula is C49H52FN5O6. The van der Waals surface area contributed by atoms with Gasteiger partial charge in [-0.15, -0.1) is 0 Å². The summed E-state index contributed by atoms with van der Waals surface area (Å²) >= 11 is 0. The summed E-state index contributed by atoms with van der Waals surface area (Å²) < 4.78 is 16.0. The highest BCUT2D eigenvalue weighted by molar-refractivity contribution is 6.27. The fraction of sp³-hybridized carbons (Fsp3) is 0.388. The number of halogens is 1. The van der Waals surface area contributed by atoms with Crippen molar-refractivity contribution in [2.45, 2.75) is 82.6 Å². The molecule has 3 N–H and O–H groups in total. The zero-order valence-corrected chi connectivity index (χ0v) is 34.4. The number of allylic oxidation sites excluding steroid dienone is 1. The van der Waals surface area contributed by atoms with Gasteiger partial charge in [0, 0.05) is 63.5 Å². The van der Waals surface area contributed by atoms with E-state index in [4.69, 9.17) is 0 Å². The summed E-state index contributed by atoms with van der Waals surface area (Å²) in [5.41, 5.74) is 8.19. The Morgan fingerprint density at radius 1 is 0.820 bits per heavy atom. The molecule has 11 nitrogen and oxygen atoms in total. The van der Waals surface area contributed by atoms with Gasteiger partial charge in [0.05, 0.1) is 11.7 Å². The van der Waals surface area contributed by atoms with Gasteiger partial charge < -0.3 is 20.0 Å². The normalized spacial score (nSPS) is 23.8. The van der Waals surface area contributed by atoms with E-state index in [2.05, 4.69) is 51.2 Å². The predicted molar refractivity (Wildman–Crippen MR) is 231 cm³/mol. The van der Waals surface area contributed by atoms with Crippen LogP contribution in [-0.4, -0.2) is 94.7 Å². The fourth-order valence-corrected chi connectivity index (χ4v) is 10.7. The summed E-state index contributed by atoms with van der Waals surface area (Å²) in [6.45, 7) is 6.73. The van der Waals surface area contributed by atoms with E-state index in [1.54, 1.807) is 35.2 Å². The lowest BCUT2D eigenvalue weighted by Crippen LogP contribution is -2.63. The second kappa shape index (κ2) is 16.9. The molecule has 0 aliphatic carbocycles. The maximum atomic E-state index is 16.0. The molecule has 5 fully saturated rings. The number of imide groups is 1. The number of benzene rings is 4. The van der Waals surface area contributed by atoms with Gasteiger partial charge in [-0.3, -0.25) is 34.3 Å². The van der Waals surface area contributed by atoms with Gasteiger partial charge in [-0.05, 0) is 132 Å². The Hall–Kier alpha value is -5.85. The van der Waals surface area contributed by atoms with Gasteiger partial charge in [-0.2, -0.15) is 0 Å². The zero-order chi connectivity index (χ0) is 42.4. The maximum absolute atomic E-state index is 16.0. The first-order valence-corrected chi connectivity index (χ1v) is 21.7. The number of piperidine rings is 4. The van der Waals surface area contributed by atoms with Gasteiger partial charge in [-0.25, -0.2) is 4.39 Å². The van der Waals surface area contributed by atoms with E-state index in [0.29, 0.717) is 29.3 Å². The number of rotatable bonds is 11. The number of carbonyl (C=O) groups is 4. The number of fused-ring (bicyclic) bond motifs is 4. The number of carbonyl (C=O) groups excluding carboxylic acids is 4. The molecule has 0 aromatic heterocycles. The molecule has 4 unspecified atom stereocenters. The Morgan fingerprint density at radius 2 is 1.46 bits per heavy atom. The van der Waals surface area contributed by atoms with Gasteiger partial charge in [0.1, 0.15) is 23.4 Å². The van der Waals surface area contributed by atoms with Crippen LogP contribution in [-0.2, 0) is 25.7 Å². The third kappa shape index (κ3) is 7.94. The molecule has 0 saturated carbocycles. The van der Waals surface area contributed by atoms with Crippen molar-refractivity contribution >= 4 is 46.4 Å². The molecule has 5 saturated heterocycles. The van der Waals surface area contributed by atoms with E-state index in [-0.39, 0.29) is 61.0 Å². The van der Waals surface area contributed by atoms with Crippen LogP contribution >= 0.6 is 0 Å². The Kier molecular flexibility index (Phi) is 11.2. The highest BCUT2D eigenvalue weighted by Gasteiger charge is 2.46. The number of piperazine rings is 1. The molecule has 2 amide bonds. The van der Waals surface area contributed by atoms with Crippen LogP contribution in [0.4, 0.5) is 15.8 Å². The molecule has 4 atom stereocenters. The van der Waals surface area contributed by atoms with Crippen LogP contribution in [0.15, 0.2) is 84.9 Å². The van der Waals surface area contributed by atoms with Crippen LogP contribution in [0.3, 0.4) is 0 Å². The minimum Gasteiger partial charge on any atom is -0.508 e. The molecule has 316 valence electrons. The second-order valence-corrected chi connectivity index (χ2v) is 17.3. The summed E-state index contributed by atoms with van der Waals surface area (Å²) in [6, 6.07) is 25.3. The van der Waals surface area contributed by atoms with Crippen molar-refractivity contribution in [3.05, 3.63) is 119 Å². The molecule has 6 aliphatic heterocycles. The Balaban J connectivity index is 0.850. The van der Waals surface area contributed by atoms with Crippen molar-refractivity contribution < 1.29 is 33.8 Å². The second-order valence-electron chi connectivity index (χ2n) is 17.3. The maximum Gasteiger partial charge on any atom is 0.243 e. The van der Waals surface area contributed by atoms with Crippen LogP contribution in [0.5, 0.6) is 11.5 Å². The lowest BCUT2D eigenvalue weighted by Gasteiger charge is -2.53. The minimum absolute atomic E-state index is 0.117. The largest absolute Gasteiger partial charge is 0.508 e. The number of aromatic hydroxyl groups is 2. The Labute approximate surface area is 355 Å². The van der Waals surface area contributed by atoms with E-state index in [1.165, 1.54) is 11.8 Å². The quantitative estimate of drug-likeness (QED) is 0.0658. The van der Waals surface area contributed by atoms with E-state index >= 15 is 4.39 Å². The monoisotopic (exact) mass is 825 g/mol. The van der Waals surface area contributed by atoms with Crippen molar-refractivity contribution in [3.8, 4) is 11.5 Å². The SMILES string of the molecule is CCC(=C(c1ccc(O)cc1)c1ccc(N2CCC(CN3CC4CCC3CN4c3cc4c(cc3F)CN(C3CCC(=O)NC3=O)C4C(=O)C=O)CC2)cc1)c1ccc(O)cc1. The number of phenolic OH excluding ortho intramolecular Hbond substituents is 2. The summed E-state index contributed by atoms with van der Waals surface area (Å²) in [4.78, 5) is 58.4. The summed E-state index contributed by atoms with van der Waals surface area (Å²) in [7, 11) is 0. The number of hydrogen-bond donors (Lipinski definition) is 3. The predicted octanol–water partition coefficient (Wildman–Crippen LogP) is 6.61. The first-order valence-electron chi connectivity index (χ1n) is 21.7. The summed E-state index contributed by atoms with van der Waals surface area (Å²) in [5, 5.41) is 22.3. The van der Waals surface area contributed by atoms with Crippen LogP contribution in [0.2, 0.25) is 0 Å². The fourth-order valence-electron chi connectivity index (χ4n) is 10.7. The molecule has 2 bridgehead atoms. The lowest BCUT2D eigenvalue weighted by atomic mass is 9.87. The smallest absolute Gasteiger partial charge is 0.243 e. The number of nitrogens with one attached hydrogen (secondary N) is 1. The van der Waals surface area contributed by atoms with E-state index in [1.807, 2.05) is 24.3 Å². The molecule has 10 rings (SSSR count). The molecule has 4 aromatic rings. The number of ketones is 1.